The molecule has 0 unspecified atom stereocenters. The third-order valence-electron chi connectivity index (χ3n) is 3.47. The van der Waals surface area contributed by atoms with Gasteiger partial charge < -0.3 is 5.73 Å². The van der Waals surface area contributed by atoms with Gasteiger partial charge in [0.05, 0.1) is 10.6 Å². The van der Waals surface area contributed by atoms with Gasteiger partial charge in [-0.15, -0.1) is 11.8 Å². The van der Waals surface area contributed by atoms with E-state index in [1.807, 2.05) is 26.0 Å². The van der Waals surface area contributed by atoms with Crippen molar-refractivity contribution in [2.75, 3.05) is 11.5 Å². The highest BCUT2D eigenvalue weighted by molar-refractivity contribution is 7.99. The van der Waals surface area contributed by atoms with E-state index in [9.17, 15) is 13.2 Å². The Morgan fingerprint density at radius 3 is 2.48 bits per heavy atom. The van der Waals surface area contributed by atoms with E-state index in [1.54, 1.807) is 0 Å². The van der Waals surface area contributed by atoms with Gasteiger partial charge >= 0.3 is 6.18 Å². The monoisotopic (exact) mass is 360 g/mol. The summed E-state index contributed by atoms with van der Waals surface area (Å²) >= 11 is 7.23. The Bertz CT molecular complexity index is 717. The van der Waals surface area contributed by atoms with Crippen LogP contribution in [0.25, 0.3) is 0 Å². The van der Waals surface area contributed by atoms with E-state index in [0.29, 0.717) is 10.8 Å². The van der Waals surface area contributed by atoms with Crippen LogP contribution in [0.4, 0.5) is 18.9 Å². The molecule has 124 valence electrons. The van der Waals surface area contributed by atoms with Crippen LogP contribution in [-0.4, -0.2) is 10.7 Å². The molecule has 7 heteroatoms. The SMILES string of the molecule is Cc1cc(CCSc2ncc(C(F)(F)F)cc2Cl)c(C)cc1N. The first kappa shape index (κ1) is 17.9. The molecule has 2 rings (SSSR count). The molecule has 1 aromatic heterocycles. The van der Waals surface area contributed by atoms with E-state index >= 15 is 0 Å². The molecule has 0 aliphatic carbocycles. The molecule has 0 spiro atoms. The van der Waals surface area contributed by atoms with E-state index < -0.39 is 11.7 Å². The fourth-order valence-corrected chi connectivity index (χ4v) is 3.28. The Labute approximate surface area is 142 Å². The average molecular weight is 361 g/mol. The van der Waals surface area contributed by atoms with Crippen LogP contribution in [-0.2, 0) is 12.6 Å². The Morgan fingerprint density at radius 2 is 1.87 bits per heavy atom. The lowest BCUT2D eigenvalue weighted by Gasteiger charge is -2.11. The van der Waals surface area contributed by atoms with Crippen LogP contribution >= 0.6 is 23.4 Å². The first-order valence-corrected chi connectivity index (χ1v) is 8.26. The minimum Gasteiger partial charge on any atom is -0.399 e. The topological polar surface area (TPSA) is 38.9 Å². The van der Waals surface area contributed by atoms with Gasteiger partial charge in [0.1, 0.15) is 5.03 Å². The fourth-order valence-electron chi connectivity index (χ4n) is 2.11. The quantitative estimate of drug-likeness (QED) is 0.595. The van der Waals surface area contributed by atoms with Gasteiger partial charge in [-0.2, -0.15) is 13.2 Å². The zero-order chi connectivity index (χ0) is 17.2. The smallest absolute Gasteiger partial charge is 0.399 e. The van der Waals surface area contributed by atoms with Crippen molar-refractivity contribution in [2.24, 2.45) is 0 Å². The number of pyridine rings is 1. The highest BCUT2D eigenvalue weighted by Gasteiger charge is 2.31. The summed E-state index contributed by atoms with van der Waals surface area (Å²) in [6.45, 7) is 3.93. The molecule has 0 radical (unpaired) electrons. The lowest BCUT2D eigenvalue weighted by atomic mass is 10.0. The molecule has 1 heterocycles. The Kier molecular flexibility index (Phi) is 5.47. The van der Waals surface area contributed by atoms with E-state index in [-0.39, 0.29) is 5.02 Å². The van der Waals surface area contributed by atoms with Crippen molar-refractivity contribution in [2.45, 2.75) is 31.5 Å². The highest BCUT2D eigenvalue weighted by Crippen LogP contribution is 2.34. The van der Waals surface area contributed by atoms with Gasteiger partial charge in [0.2, 0.25) is 0 Å². The molecule has 23 heavy (non-hydrogen) atoms. The Balaban J connectivity index is 2.03. The number of benzene rings is 1. The fraction of sp³-hybridized carbons (Fsp3) is 0.312. The van der Waals surface area contributed by atoms with Crippen molar-refractivity contribution in [3.05, 3.63) is 51.7 Å². The molecule has 2 aromatic rings. The number of aryl methyl sites for hydroxylation is 3. The minimum absolute atomic E-state index is 0.0232. The number of alkyl halides is 3. The molecule has 2 N–H and O–H groups in total. The van der Waals surface area contributed by atoms with Gasteiger partial charge in [0.15, 0.2) is 0 Å². The Morgan fingerprint density at radius 1 is 1.17 bits per heavy atom. The summed E-state index contributed by atoms with van der Waals surface area (Å²) in [5.41, 5.74) is 9.05. The minimum atomic E-state index is -4.43. The molecule has 0 fully saturated rings. The number of anilines is 1. The van der Waals surface area contributed by atoms with Gasteiger partial charge in [-0.3, -0.25) is 0 Å². The van der Waals surface area contributed by atoms with Crippen LogP contribution in [0.15, 0.2) is 29.4 Å². The van der Waals surface area contributed by atoms with Crippen molar-refractivity contribution in [3.63, 3.8) is 0 Å². The number of halogens is 4. The summed E-state index contributed by atoms with van der Waals surface area (Å²) < 4.78 is 37.7. The van der Waals surface area contributed by atoms with E-state index in [1.165, 1.54) is 11.8 Å². The van der Waals surface area contributed by atoms with Gasteiger partial charge in [0, 0.05) is 17.6 Å². The molecular weight excluding hydrogens is 345 g/mol. The van der Waals surface area contributed by atoms with Crippen molar-refractivity contribution in [1.29, 1.82) is 0 Å². The van der Waals surface area contributed by atoms with Gasteiger partial charge in [0.25, 0.3) is 0 Å². The summed E-state index contributed by atoms with van der Waals surface area (Å²) in [5.74, 6) is 0.669. The molecule has 2 nitrogen and oxygen atoms in total. The molecule has 0 aliphatic rings. The maximum Gasteiger partial charge on any atom is 0.417 e. The van der Waals surface area contributed by atoms with Crippen molar-refractivity contribution < 1.29 is 13.2 Å². The standard InChI is InChI=1S/C16H16ClF3N2S/c1-9-6-14(21)10(2)5-11(9)3-4-23-15-13(17)7-12(8-22-15)16(18,19)20/h5-8H,3-4,21H2,1-2H3. The average Bonchev–Trinajstić information content (AvgIpc) is 2.45. The van der Waals surface area contributed by atoms with Crippen LogP contribution < -0.4 is 5.73 Å². The summed E-state index contributed by atoms with van der Waals surface area (Å²) in [6.07, 6.45) is -2.86. The largest absolute Gasteiger partial charge is 0.417 e. The normalized spacial score (nSPS) is 11.7. The second-order valence-electron chi connectivity index (χ2n) is 5.24. The van der Waals surface area contributed by atoms with Crippen LogP contribution in [0.3, 0.4) is 0 Å². The number of aromatic nitrogens is 1. The van der Waals surface area contributed by atoms with Gasteiger partial charge in [-0.05, 0) is 49.1 Å². The van der Waals surface area contributed by atoms with Crippen LogP contribution in [0, 0.1) is 13.8 Å². The summed E-state index contributed by atoms with van der Waals surface area (Å²) in [4.78, 5) is 3.82. The van der Waals surface area contributed by atoms with Crippen molar-refractivity contribution in [3.8, 4) is 0 Å². The molecule has 0 atom stereocenters. The van der Waals surface area contributed by atoms with Crippen LogP contribution in [0.2, 0.25) is 5.02 Å². The van der Waals surface area contributed by atoms with Crippen LogP contribution in [0.1, 0.15) is 22.3 Å². The number of nitrogen functional groups attached to an aromatic ring is 1. The molecular formula is C16H16ClF3N2S. The third kappa shape index (κ3) is 4.54. The lowest BCUT2D eigenvalue weighted by Crippen LogP contribution is -2.05. The number of thioether (sulfide) groups is 1. The predicted molar refractivity (Wildman–Crippen MR) is 89.0 cm³/mol. The predicted octanol–water partition coefficient (Wildman–Crippen LogP) is 5.29. The third-order valence-corrected chi connectivity index (χ3v) is 4.88. The number of rotatable bonds is 4. The van der Waals surface area contributed by atoms with E-state index in [0.717, 1.165) is 41.1 Å². The van der Waals surface area contributed by atoms with E-state index in [2.05, 4.69) is 4.98 Å². The zero-order valence-electron chi connectivity index (χ0n) is 12.7. The molecule has 0 aliphatic heterocycles. The summed E-state index contributed by atoms with van der Waals surface area (Å²) in [5, 5.41) is 0.430. The molecule has 0 saturated carbocycles. The maximum absolute atomic E-state index is 12.6. The second kappa shape index (κ2) is 7.01. The first-order chi connectivity index (χ1) is 10.7. The van der Waals surface area contributed by atoms with Gasteiger partial charge in [-0.1, -0.05) is 17.7 Å². The number of nitrogens with zero attached hydrogens (tertiary/aromatic N) is 1. The first-order valence-electron chi connectivity index (χ1n) is 6.89. The summed E-state index contributed by atoms with van der Waals surface area (Å²) in [7, 11) is 0. The number of hydrogen-bond acceptors (Lipinski definition) is 3. The van der Waals surface area contributed by atoms with Crippen molar-refractivity contribution >= 4 is 29.1 Å². The summed E-state index contributed by atoms with van der Waals surface area (Å²) in [6, 6.07) is 4.88. The lowest BCUT2D eigenvalue weighted by molar-refractivity contribution is -0.137. The molecule has 0 saturated heterocycles. The molecule has 1 aromatic carbocycles. The second-order valence-corrected chi connectivity index (χ2v) is 6.73. The Hall–Kier alpha value is -1.40. The molecule has 0 amide bonds. The van der Waals surface area contributed by atoms with Crippen molar-refractivity contribution in [1.82, 2.24) is 4.98 Å². The highest BCUT2D eigenvalue weighted by atomic mass is 35.5. The number of nitrogens with two attached hydrogens (primary N) is 1. The zero-order valence-corrected chi connectivity index (χ0v) is 14.2. The number of hydrogen-bond donors (Lipinski definition) is 1. The van der Waals surface area contributed by atoms with Crippen LogP contribution in [0.5, 0.6) is 0 Å². The maximum atomic E-state index is 12.6. The van der Waals surface area contributed by atoms with Gasteiger partial charge in [-0.25, -0.2) is 4.98 Å². The molecule has 0 bridgehead atoms. The van der Waals surface area contributed by atoms with E-state index in [4.69, 9.17) is 17.3 Å².